The fourth-order valence-corrected chi connectivity index (χ4v) is 2.62. The van der Waals surface area contributed by atoms with Gasteiger partial charge < -0.3 is 10.6 Å². The molecule has 1 amide bonds. The SMILES string of the molecule is O=C(NCCc1ccccc1)C1CNc2ccccc21. The number of rotatable bonds is 4. The van der Waals surface area contributed by atoms with Gasteiger partial charge in [0.25, 0.3) is 0 Å². The first-order chi connectivity index (χ1) is 9.84. The molecule has 1 aliphatic rings. The van der Waals surface area contributed by atoms with E-state index in [0.29, 0.717) is 13.1 Å². The van der Waals surface area contributed by atoms with Gasteiger partial charge >= 0.3 is 0 Å². The summed E-state index contributed by atoms with van der Waals surface area (Å²) in [7, 11) is 0. The van der Waals surface area contributed by atoms with Crippen LogP contribution in [0.25, 0.3) is 0 Å². The van der Waals surface area contributed by atoms with Crippen molar-refractivity contribution in [1.82, 2.24) is 5.32 Å². The number of amides is 1. The highest BCUT2D eigenvalue weighted by atomic mass is 16.1. The molecule has 1 atom stereocenters. The van der Waals surface area contributed by atoms with E-state index in [-0.39, 0.29) is 11.8 Å². The molecule has 3 rings (SSSR count). The molecule has 0 saturated carbocycles. The van der Waals surface area contributed by atoms with Crippen molar-refractivity contribution >= 4 is 11.6 Å². The van der Waals surface area contributed by atoms with Crippen LogP contribution in [0, 0.1) is 0 Å². The Balaban J connectivity index is 1.56. The topological polar surface area (TPSA) is 41.1 Å². The molecular formula is C17H18N2O. The van der Waals surface area contributed by atoms with Gasteiger partial charge in [-0.25, -0.2) is 0 Å². The molecule has 0 radical (unpaired) electrons. The van der Waals surface area contributed by atoms with E-state index in [1.54, 1.807) is 0 Å². The van der Waals surface area contributed by atoms with E-state index in [2.05, 4.69) is 22.8 Å². The molecule has 2 N–H and O–H groups in total. The van der Waals surface area contributed by atoms with Crippen molar-refractivity contribution in [3.05, 3.63) is 65.7 Å². The van der Waals surface area contributed by atoms with Crippen LogP contribution in [0.3, 0.4) is 0 Å². The molecule has 0 aromatic heterocycles. The molecule has 0 bridgehead atoms. The summed E-state index contributed by atoms with van der Waals surface area (Å²) in [5.41, 5.74) is 3.43. The standard InChI is InChI=1S/C17H18N2O/c20-17(18-11-10-13-6-2-1-3-7-13)15-12-19-16-9-5-4-8-14(15)16/h1-9,15,19H,10-12H2,(H,18,20). The Kier molecular flexibility index (Phi) is 3.68. The summed E-state index contributed by atoms with van der Waals surface area (Å²) in [4.78, 5) is 12.2. The van der Waals surface area contributed by atoms with E-state index in [9.17, 15) is 4.79 Å². The third kappa shape index (κ3) is 2.67. The van der Waals surface area contributed by atoms with Gasteiger partial charge in [-0.05, 0) is 23.6 Å². The fourth-order valence-electron chi connectivity index (χ4n) is 2.62. The predicted octanol–water partition coefficient (Wildman–Crippen LogP) is 2.55. The first-order valence-electron chi connectivity index (χ1n) is 6.99. The minimum Gasteiger partial charge on any atom is -0.384 e. The highest BCUT2D eigenvalue weighted by Crippen LogP contribution is 2.30. The van der Waals surface area contributed by atoms with Crippen molar-refractivity contribution in [1.29, 1.82) is 0 Å². The van der Waals surface area contributed by atoms with E-state index in [4.69, 9.17) is 0 Å². The van der Waals surface area contributed by atoms with Gasteiger partial charge in [-0.2, -0.15) is 0 Å². The van der Waals surface area contributed by atoms with Crippen molar-refractivity contribution < 1.29 is 4.79 Å². The van der Waals surface area contributed by atoms with Gasteiger partial charge in [0.2, 0.25) is 5.91 Å². The minimum atomic E-state index is -0.0676. The van der Waals surface area contributed by atoms with Crippen LogP contribution < -0.4 is 10.6 Å². The number of fused-ring (bicyclic) bond motifs is 1. The Hall–Kier alpha value is -2.29. The normalized spacial score (nSPS) is 16.3. The van der Waals surface area contributed by atoms with Gasteiger partial charge in [-0.15, -0.1) is 0 Å². The van der Waals surface area contributed by atoms with Crippen molar-refractivity contribution in [2.24, 2.45) is 0 Å². The fraction of sp³-hybridized carbons (Fsp3) is 0.235. The molecular weight excluding hydrogens is 248 g/mol. The maximum atomic E-state index is 12.2. The van der Waals surface area contributed by atoms with Crippen LogP contribution in [0.15, 0.2) is 54.6 Å². The predicted molar refractivity (Wildman–Crippen MR) is 80.8 cm³/mol. The third-order valence-electron chi connectivity index (χ3n) is 3.71. The highest BCUT2D eigenvalue weighted by Gasteiger charge is 2.27. The zero-order chi connectivity index (χ0) is 13.8. The van der Waals surface area contributed by atoms with Crippen LogP contribution >= 0.6 is 0 Å². The smallest absolute Gasteiger partial charge is 0.229 e. The molecule has 0 fully saturated rings. The van der Waals surface area contributed by atoms with E-state index in [1.807, 2.05) is 42.5 Å². The highest BCUT2D eigenvalue weighted by molar-refractivity contribution is 5.88. The molecule has 20 heavy (non-hydrogen) atoms. The molecule has 1 aliphatic heterocycles. The third-order valence-corrected chi connectivity index (χ3v) is 3.71. The average Bonchev–Trinajstić information content (AvgIpc) is 2.92. The first kappa shape index (κ1) is 12.7. The molecule has 3 nitrogen and oxygen atoms in total. The van der Waals surface area contributed by atoms with Crippen LogP contribution in [0.2, 0.25) is 0 Å². The molecule has 1 heterocycles. The summed E-state index contributed by atoms with van der Waals surface area (Å²) < 4.78 is 0. The van der Waals surface area contributed by atoms with Gasteiger partial charge in [-0.3, -0.25) is 4.79 Å². The van der Waals surface area contributed by atoms with Crippen LogP contribution in [-0.4, -0.2) is 19.0 Å². The summed E-state index contributed by atoms with van der Waals surface area (Å²) >= 11 is 0. The van der Waals surface area contributed by atoms with E-state index >= 15 is 0 Å². The van der Waals surface area contributed by atoms with E-state index < -0.39 is 0 Å². The van der Waals surface area contributed by atoms with Crippen LogP contribution in [0.1, 0.15) is 17.0 Å². The number of carbonyl (C=O) groups is 1. The molecule has 3 heteroatoms. The van der Waals surface area contributed by atoms with Crippen LogP contribution in [0.4, 0.5) is 5.69 Å². The Morgan fingerprint density at radius 1 is 1.10 bits per heavy atom. The Bertz CT molecular complexity index is 595. The lowest BCUT2D eigenvalue weighted by Crippen LogP contribution is -2.31. The Labute approximate surface area is 119 Å². The van der Waals surface area contributed by atoms with Crippen molar-refractivity contribution in [2.45, 2.75) is 12.3 Å². The number of anilines is 1. The second-order valence-corrected chi connectivity index (χ2v) is 5.05. The summed E-state index contributed by atoms with van der Waals surface area (Å²) in [6.45, 7) is 1.37. The van der Waals surface area contributed by atoms with Gasteiger partial charge in [0.05, 0.1) is 5.92 Å². The second kappa shape index (κ2) is 5.78. The number of hydrogen-bond acceptors (Lipinski definition) is 2. The van der Waals surface area contributed by atoms with Gasteiger partial charge in [-0.1, -0.05) is 48.5 Å². The maximum absolute atomic E-state index is 12.2. The molecule has 2 aromatic rings. The largest absolute Gasteiger partial charge is 0.384 e. The summed E-state index contributed by atoms with van der Waals surface area (Å²) in [6.07, 6.45) is 0.869. The zero-order valence-electron chi connectivity index (χ0n) is 11.3. The first-order valence-corrected chi connectivity index (χ1v) is 6.99. The van der Waals surface area contributed by atoms with Gasteiger partial charge in [0, 0.05) is 18.8 Å². The number of benzene rings is 2. The molecule has 1 unspecified atom stereocenters. The Morgan fingerprint density at radius 3 is 2.70 bits per heavy atom. The van der Waals surface area contributed by atoms with Crippen molar-refractivity contribution in [3.8, 4) is 0 Å². The minimum absolute atomic E-state index is 0.0676. The zero-order valence-corrected chi connectivity index (χ0v) is 11.3. The van der Waals surface area contributed by atoms with Gasteiger partial charge in [0.15, 0.2) is 0 Å². The maximum Gasteiger partial charge on any atom is 0.229 e. The number of nitrogens with one attached hydrogen (secondary N) is 2. The van der Waals surface area contributed by atoms with Crippen molar-refractivity contribution in [2.75, 3.05) is 18.4 Å². The molecule has 0 saturated heterocycles. The lowest BCUT2D eigenvalue weighted by Gasteiger charge is -2.11. The molecule has 102 valence electrons. The summed E-state index contributed by atoms with van der Waals surface area (Å²) in [5, 5.41) is 6.31. The number of carbonyl (C=O) groups excluding carboxylic acids is 1. The Morgan fingerprint density at radius 2 is 1.85 bits per heavy atom. The van der Waals surface area contributed by atoms with Crippen LogP contribution in [0.5, 0.6) is 0 Å². The quantitative estimate of drug-likeness (QED) is 0.893. The van der Waals surface area contributed by atoms with Crippen molar-refractivity contribution in [3.63, 3.8) is 0 Å². The molecule has 0 spiro atoms. The van der Waals surface area contributed by atoms with Crippen LogP contribution in [-0.2, 0) is 11.2 Å². The van der Waals surface area contributed by atoms with E-state index in [1.165, 1.54) is 5.56 Å². The molecule has 2 aromatic carbocycles. The monoisotopic (exact) mass is 266 g/mol. The second-order valence-electron chi connectivity index (χ2n) is 5.05. The lowest BCUT2D eigenvalue weighted by molar-refractivity contribution is -0.122. The van der Waals surface area contributed by atoms with Gasteiger partial charge in [0.1, 0.15) is 0 Å². The average molecular weight is 266 g/mol. The lowest BCUT2D eigenvalue weighted by atomic mass is 10.0. The number of hydrogen-bond donors (Lipinski definition) is 2. The summed E-state index contributed by atoms with van der Waals surface area (Å²) in [5.74, 6) is 0.0420. The summed E-state index contributed by atoms with van der Waals surface area (Å²) in [6, 6.07) is 18.2. The number of para-hydroxylation sites is 1. The van der Waals surface area contributed by atoms with E-state index in [0.717, 1.165) is 17.7 Å². The molecule has 0 aliphatic carbocycles.